The highest BCUT2D eigenvalue weighted by molar-refractivity contribution is 7.92. The largest absolute Gasteiger partial charge is 0.326 e. The third-order valence-electron chi connectivity index (χ3n) is 3.91. The molecule has 0 saturated carbocycles. The number of carbonyl (C=O) groups is 1. The van der Waals surface area contributed by atoms with Crippen LogP contribution in [0.2, 0.25) is 5.02 Å². The van der Waals surface area contributed by atoms with Gasteiger partial charge in [-0.25, -0.2) is 18.1 Å². The summed E-state index contributed by atoms with van der Waals surface area (Å²) in [5, 5.41) is 4.23. The lowest BCUT2D eigenvalue weighted by molar-refractivity contribution is -0.116. The summed E-state index contributed by atoms with van der Waals surface area (Å²) >= 11 is 6.25. The SMILES string of the molecule is O=C(CCNS(=O)(=O)C=Cc1ccccc1)Nc1ccc(-n2ccnc2)c(Cl)c1. The van der Waals surface area contributed by atoms with Crippen LogP contribution in [0.3, 0.4) is 0 Å². The molecule has 0 radical (unpaired) electrons. The molecule has 1 amide bonds. The van der Waals surface area contributed by atoms with Crippen LogP contribution in [-0.4, -0.2) is 30.4 Å². The molecular formula is C20H19ClN4O3S. The van der Waals surface area contributed by atoms with Crippen molar-refractivity contribution in [2.75, 3.05) is 11.9 Å². The van der Waals surface area contributed by atoms with Gasteiger partial charge in [-0.3, -0.25) is 4.79 Å². The Bertz CT molecular complexity index is 1100. The van der Waals surface area contributed by atoms with Crippen LogP contribution in [0.4, 0.5) is 5.69 Å². The van der Waals surface area contributed by atoms with Crippen LogP contribution in [0.1, 0.15) is 12.0 Å². The number of amides is 1. The molecule has 1 heterocycles. The lowest BCUT2D eigenvalue weighted by atomic mass is 10.2. The molecule has 0 bridgehead atoms. The zero-order valence-corrected chi connectivity index (χ0v) is 16.9. The van der Waals surface area contributed by atoms with Gasteiger partial charge in [-0.1, -0.05) is 41.9 Å². The van der Waals surface area contributed by atoms with Crippen molar-refractivity contribution in [1.29, 1.82) is 0 Å². The number of nitrogens with zero attached hydrogens (tertiary/aromatic N) is 2. The first-order valence-electron chi connectivity index (χ1n) is 8.73. The second-order valence-corrected chi connectivity index (χ2v) is 8.15. The molecule has 2 aromatic carbocycles. The minimum atomic E-state index is -3.63. The van der Waals surface area contributed by atoms with E-state index < -0.39 is 10.0 Å². The van der Waals surface area contributed by atoms with E-state index in [1.165, 1.54) is 6.08 Å². The van der Waals surface area contributed by atoms with Gasteiger partial charge in [-0.05, 0) is 29.8 Å². The Hall–Kier alpha value is -2.94. The van der Waals surface area contributed by atoms with Gasteiger partial charge in [0.15, 0.2) is 0 Å². The van der Waals surface area contributed by atoms with E-state index in [-0.39, 0.29) is 18.9 Å². The van der Waals surface area contributed by atoms with Crippen LogP contribution >= 0.6 is 11.6 Å². The highest BCUT2D eigenvalue weighted by atomic mass is 35.5. The third-order valence-corrected chi connectivity index (χ3v) is 5.31. The third kappa shape index (κ3) is 6.28. The van der Waals surface area contributed by atoms with Crippen LogP contribution in [0.25, 0.3) is 11.8 Å². The van der Waals surface area contributed by atoms with E-state index >= 15 is 0 Å². The Morgan fingerprint density at radius 3 is 2.66 bits per heavy atom. The first-order chi connectivity index (χ1) is 13.9. The van der Waals surface area contributed by atoms with Gasteiger partial charge in [0.05, 0.1) is 17.0 Å². The van der Waals surface area contributed by atoms with Gasteiger partial charge in [0.1, 0.15) is 0 Å². The zero-order chi connectivity index (χ0) is 20.7. The minimum absolute atomic E-state index is 0.0146. The molecule has 29 heavy (non-hydrogen) atoms. The highest BCUT2D eigenvalue weighted by Gasteiger charge is 2.09. The van der Waals surface area contributed by atoms with Gasteiger partial charge in [-0.2, -0.15) is 0 Å². The Balaban J connectivity index is 1.50. The van der Waals surface area contributed by atoms with Crippen molar-refractivity contribution >= 4 is 39.3 Å². The number of anilines is 1. The average molecular weight is 431 g/mol. The fourth-order valence-electron chi connectivity index (χ4n) is 2.51. The van der Waals surface area contributed by atoms with Gasteiger partial charge in [0.2, 0.25) is 15.9 Å². The van der Waals surface area contributed by atoms with Crippen molar-refractivity contribution in [3.8, 4) is 5.69 Å². The average Bonchev–Trinajstić information content (AvgIpc) is 3.22. The van der Waals surface area contributed by atoms with Crippen molar-refractivity contribution < 1.29 is 13.2 Å². The molecule has 7 nitrogen and oxygen atoms in total. The standard InChI is InChI=1S/C20H19ClN4O3S/c21-18-14-17(6-7-19(18)25-12-11-22-15-25)24-20(26)8-10-23-29(27,28)13-9-16-4-2-1-3-5-16/h1-7,9,11-15,23H,8,10H2,(H,24,26). The van der Waals surface area contributed by atoms with E-state index in [1.54, 1.807) is 53.6 Å². The number of rotatable bonds is 8. The number of imidazole rings is 1. The van der Waals surface area contributed by atoms with Crippen LogP contribution in [-0.2, 0) is 14.8 Å². The normalized spacial score (nSPS) is 11.6. The number of sulfonamides is 1. The molecule has 150 valence electrons. The number of hydrogen-bond acceptors (Lipinski definition) is 4. The molecule has 0 saturated heterocycles. The molecule has 0 aliphatic heterocycles. The topological polar surface area (TPSA) is 93.1 Å². The van der Waals surface area contributed by atoms with Crippen molar-refractivity contribution in [3.05, 3.63) is 83.2 Å². The molecule has 0 unspecified atom stereocenters. The van der Waals surface area contributed by atoms with E-state index in [4.69, 9.17) is 11.6 Å². The van der Waals surface area contributed by atoms with Gasteiger partial charge >= 0.3 is 0 Å². The molecule has 3 rings (SSSR count). The second kappa shape index (κ2) is 9.51. The molecular weight excluding hydrogens is 412 g/mol. The van der Waals surface area contributed by atoms with Crippen molar-refractivity contribution in [2.45, 2.75) is 6.42 Å². The van der Waals surface area contributed by atoms with Crippen molar-refractivity contribution in [1.82, 2.24) is 14.3 Å². The van der Waals surface area contributed by atoms with Gasteiger partial charge in [0.25, 0.3) is 0 Å². The summed E-state index contributed by atoms with van der Waals surface area (Å²) < 4.78 is 28.1. The molecule has 0 spiro atoms. The maximum Gasteiger partial charge on any atom is 0.233 e. The van der Waals surface area contributed by atoms with Crippen molar-refractivity contribution in [2.24, 2.45) is 0 Å². The molecule has 2 N–H and O–H groups in total. The maximum absolute atomic E-state index is 12.1. The number of benzene rings is 2. The predicted octanol–water partition coefficient (Wildman–Crippen LogP) is 3.44. The smallest absolute Gasteiger partial charge is 0.233 e. The molecule has 1 aromatic heterocycles. The van der Waals surface area contributed by atoms with E-state index in [0.717, 1.165) is 16.7 Å². The Kier molecular flexibility index (Phi) is 6.82. The Morgan fingerprint density at radius 2 is 1.97 bits per heavy atom. The molecule has 9 heteroatoms. The molecule has 0 aliphatic carbocycles. The highest BCUT2D eigenvalue weighted by Crippen LogP contribution is 2.24. The number of nitrogens with one attached hydrogen (secondary N) is 2. The summed E-state index contributed by atoms with van der Waals surface area (Å²) in [6.45, 7) is -0.0197. The maximum atomic E-state index is 12.1. The van der Waals surface area contributed by atoms with Crippen LogP contribution in [0.5, 0.6) is 0 Å². The summed E-state index contributed by atoms with van der Waals surface area (Å²) in [5.41, 5.74) is 2.03. The summed E-state index contributed by atoms with van der Waals surface area (Å²) in [6.07, 6.45) is 6.50. The van der Waals surface area contributed by atoms with Gasteiger partial charge in [-0.15, -0.1) is 0 Å². The lowest BCUT2D eigenvalue weighted by Crippen LogP contribution is -2.26. The Morgan fingerprint density at radius 1 is 1.17 bits per heavy atom. The fourth-order valence-corrected chi connectivity index (χ4v) is 3.60. The molecule has 0 fully saturated rings. The quantitative estimate of drug-likeness (QED) is 0.572. The van der Waals surface area contributed by atoms with E-state index in [1.807, 2.05) is 18.2 Å². The molecule has 3 aromatic rings. The summed E-state index contributed by atoms with van der Waals surface area (Å²) in [7, 11) is -3.63. The van der Waals surface area contributed by atoms with Crippen LogP contribution < -0.4 is 10.0 Å². The van der Waals surface area contributed by atoms with Gasteiger partial charge in [0, 0.05) is 36.5 Å². The van der Waals surface area contributed by atoms with E-state index in [9.17, 15) is 13.2 Å². The number of halogens is 1. The van der Waals surface area contributed by atoms with E-state index in [2.05, 4.69) is 15.0 Å². The molecule has 0 atom stereocenters. The summed E-state index contributed by atoms with van der Waals surface area (Å²) in [6, 6.07) is 14.2. The Labute approximate surface area is 174 Å². The zero-order valence-electron chi connectivity index (χ0n) is 15.3. The predicted molar refractivity (Wildman–Crippen MR) is 114 cm³/mol. The first kappa shape index (κ1) is 20.8. The first-order valence-corrected chi connectivity index (χ1v) is 10.7. The minimum Gasteiger partial charge on any atom is -0.326 e. The van der Waals surface area contributed by atoms with Crippen LogP contribution in [0.15, 0.2) is 72.7 Å². The number of aromatic nitrogens is 2. The van der Waals surface area contributed by atoms with Crippen LogP contribution in [0, 0.1) is 0 Å². The van der Waals surface area contributed by atoms with Gasteiger partial charge < -0.3 is 9.88 Å². The summed E-state index contributed by atoms with van der Waals surface area (Å²) in [4.78, 5) is 16.0. The van der Waals surface area contributed by atoms with E-state index in [0.29, 0.717) is 10.7 Å². The monoisotopic (exact) mass is 430 g/mol. The second-order valence-electron chi connectivity index (χ2n) is 6.09. The molecule has 0 aliphatic rings. The number of hydrogen-bond donors (Lipinski definition) is 2. The summed E-state index contributed by atoms with van der Waals surface area (Å²) in [5.74, 6) is -0.328. The lowest BCUT2D eigenvalue weighted by Gasteiger charge is -2.09. The number of carbonyl (C=O) groups excluding carboxylic acids is 1. The fraction of sp³-hybridized carbons (Fsp3) is 0.100. The van der Waals surface area contributed by atoms with Crippen molar-refractivity contribution in [3.63, 3.8) is 0 Å².